The molecule has 0 fully saturated rings. The van der Waals surface area contributed by atoms with Crippen LogP contribution in [0.2, 0.25) is 0 Å². The van der Waals surface area contributed by atoms with Crippen molar-refractivity contribution in [3.63, 3.8) is 0 Å². The third kappa shape index (κ3) is 2.88. The van der Waals surface area contributed by atoms with E-state index in [9.17, 15) is 0 Å². The first-order chi connectivity index (χ1) is 10.1. The summed E-state index contributed by atoms with van der Waals surface area (Å²) in [5.74, 6) is 1.58. The van der Waals surface area contributed by atoms with Crippen LogP contribution in [0.4, 0.5) is 0 Å². The first-order valence-electron chi connectivity index (χ1n) is 7.36. The Bertz CT molecular complexity index is 639. The Balaban J connectivity index is 1.88. The molecule has 1 aliphatic rings. The second kappa shape index (κ2) is 5.78. The lowest BCUT2D eigenvalue weighted by molar-refractivity contribution is 0.161. The van der Waals surface area contributed by atoms with Crippen molar-refractivity contribution in [3.05, 3.63) is 59.2 Å². The van der Waals surface area contributed by atoms with Gasteiger partial charge in [-0.25, -0.2) is 0 Å². The van der Waals surface area contributed by atoms with Crippen LogP contribution in [-0.4, -0.2) is 12.7 Å². The van der Waals surface area contributed by atoms with Gasteiger partial charge in [-0.3, -0.25) is 0 Å². The van der Waals surface area contributed by atoms with Crippen LogP contribution < -0.4 is 15.2 Å². The summed E-state index contributed by atoms with van der Waals surface area (Å²) in [6.45, 7) is 4.80. The highest BCUT2D eigenvalue weighted by atomic mass is 16.5. The molecule has 110 valence electrons. The molecule has 0 aliphatic carbocycles. The van der Waals surface area contributed by atoms with Gasteiger partial charge in [-0.1, -0.05) is 35.9 Å². The largest absolute Gasteiger partial charge is 0.490 e. The van der Waals surface area contributed by atoms with Gasteiger partial charge in [0.15, 0.2) is 11.5 Å². The van der Waals surface area contributed by atoms with E-state index in [1.54, 1.807) is 0 Å². The normalized spacial score (nSPS) is 18.9. The van der Waals surface area contributed by atoms with E-state index in [-0.39, 0.29) is 12.1 Å². The lowest BCUT2D eigenvalue weighted by Gasteiger charge is -2.25. The summed E-state index contributed by atoms with van der Waals surface area (Å²) in [7, 11) is 0. The van der Waals surface area contributed by atoms with E-state index in [4.69, 9.17) is 15.2 Å². The maximum atomic E-state index is 6.49. The van der Waals surface area contributed by atoms with Crippen LogP contribution in [0.3, 0.4) is 0 Å². The molecule has 21 heavy (non-hydrogen) atoms. The van der Waals surface area contributed by atoms with Gasteiger partial charge in [0.2, 0.25) is 0 Å². The quantitative estimate of drug-likeness (QED) is 0.917. The van der Waals surface area contributed by atoms with Crippen LogP contribution >= 0.6 is 0 Å². The maximum absolute atomic E-state index is 6.49. The molecule has 2 N–H and O–H groups in total. The van der Waals surface area contributed by atoms with Gasteiger partial charge in [-0.15, -0.1) is 0 Å². The maximum Gasteiger partial charge on any atom is 0.161 e. The Morgan fingerprint density at radius 2 is 1.86 bits per heavy atom. The van der Waals surface area contributed by atoms with Crippen molar-refractivity contribution in [2.45, 2.75) is 32.4 Å². The summed E-state index contributed by atoms with van der Waals surface area (Å²) < 4.78 is 11.9. The highest BCUT2D eigenvalue weighted by molar-refractivity contribution is 5.41. The number of nitrogens with two attached hydrogens (primary N) is 1. The van der Waals surface area contributed by atoms with Crippen molar-refractivity contribution in [2.75, 3.05) is 6.61 Å². The smallest absolute Gasteiger partial charge is 0.161 e. The highest BCUT2D eigenvalue weighted by Gasteiger charge is 2.26. The van der Waals surface area contributed by atoms with Gasteiger partial charge in [0.1, 0.15) is 6.10 Å². The summed E-state index contributed by atoms with van der Waals surface area (Å²) in [4.78, 5) is 0. The SMILES string of the molecule is Cc1ccc(C)c(C(N)C2CCOc3ccccc3O2)c1. The number of para-hydroxylation sites is 2. The Labute approximate surface area is 125 Å². The van der Waals surface area contributed by atoms with Crippen LogP contribution in [0.25, 0.3) is 0 Å². The van der Waals surface area contributed by atoms with E-state index in [2.05, 4.69) is 32.0 Å². The molecular formula is C18H21NO2. The van der Waals surface area contributed by atoms with Crippen LogP contribution in [0.15, 0.2) is 42.5 Å². The second-order valence-corrected chi connectivity index (χ2v) is 5.63. The van der Waals surface area contributed by atoms with Gasteiger partial charge in [-0.2, -0.15) is 0 Å². The lowest BCUT2D eigenvalue weighted by Crippen LogP contribution is -2.32. The van der Waals surface area contributed by atoms with E-state index in [0.717, 1.165) is 23.5 Å². The van der Waals surface area contributed by atoms with Crippen LogP contribution in [0.5, 0.6) is 11.5 Å². The van der Waals surface area contributed by atoms with Crippen LogP contribution in [-0.2, 0) is 0 Å². The number of rotatable bonds is 2. The van der Waals surface area contributed by atoms with E-state index >= 15 is 0 Å². The molecule has 0 saturated heterocycles. The second-order valence-electron chi connectivity index (χ2n) is 5.63. The molecule has 2 aromatic carbocycles. The lowest BCUT2D eigenvalue weighted by atomic mass is 9.94. The number of benzene rings is 2. The number of fused-ring (bicyclic) bond motifs is 1. The molecule has 3 rings (SSSR count). The summed E-state index contributed by atoms with van der Waals surface area (Å²) in [5.41, 5.74) is 10.1. The summed E-state index contributed by atoms with van der Waals surface area (Å²) in [6, 6.07) is 14.0. The van der Waals surface area contributed by atoms with Gasteiger partial charge in [-0.05, 0) is 37.1 Å². The van der Waals surface area contributed by atoms with E-state index < -0.39 is 0 Å². The molecule has 3 heteroatoms. The molecule has 2 unspecified atom stereocenters. The van der Waals surface area contributed by atoms with Crippen LogP contribution in [0, 0.1) is 13.8 Å². The minimum absolute atomic E-state index is 0.0749. The van der Waals surface area contributed by atoms with E-state index in [1.165, 1.54) is 11.1 Å². The molecule has 0 aromatic heterocycles. The molecule has 1 heterocycles. The Kier molecular flexibility index (Phi) is 3.84. The summed E-state index contributed by atoms with van der Waals surface area (Å²) in [5, 5.41) is 0. The zero-order valence-electron chi connectivity index (χ0n) is 12.5. The monoisotopic (exact) mass is 283 g/mol. The van der Waals surface area contributed by atoms with Gasteiger partial charge in [0.25, 0.3) is 0 Å². The molecule has 2 aromatic rings. The topological polar surface area (TPSA) is 44.5 Å². The minimum atomic E-state index is -0.153. The van der Waals surface area contributed by atoms with Gasteiger partial charge >= 0.3 is 0 Å². The molecule has 0 radical (unpaired) electrons. The predicted molar refractivity (Wildman–Crippen MR) is 83.8 cm³/mol. The fourth-order valence-corrected chi connectivity index (χ4v) is 2.75. The average Bonchev–Trinajstić information content (AvgIpc) is 2.71. The summed E-state index contributed by atoms with van der Waals surface area (Å²) >= 11 is 0. The molecule has 0 spiro atoms. The molecule has 0 bridgehead atoms. The molecule has 2 atom stereocenters. The average molecular weight is 283 g/mol. The molecule has 3 nitrogen and oxygen atoms in total. The Morgan fingerprint density at radius 1 is 1.10 bits per heavy atom. The Morgan fingerprint density at radius 3 is 2.67 bits per heavy atom. The standard InChI is InChI=1S/C18H21NO2/c1-12-7-8-13(2)14(11-12)18(19)17-9-10-20-15-5-3-4-6-16(15)21-17/h3-8,11,17-18H,9-10,19H2,1-2H3. The number of hydrogen-bond donors (Lipinski definition) is 1. The predicted octanol–water partition coefficient (Wildman–Crippen LogP) is 3.53. The zero-order valence-corrected chi connectivity index (χ0v) is 12.5. The van der Waals surface area contributed by atoms with Crippen molar-refractivity contribution in [1.82, 2.24) is 0 Å². The molecular weight excluding hydrogens is 262 g/mol. The van der Waals surface area contributed by atoms with E-state index in [1.807, 2.05) is 24.3 Å². The van der Waals surface area contributed by atoms with Crippen molar-refractivity contribution in [3.8, 4) is 11.5 Å². The third-order valence-electron chi connectivity index (χ3n) is 3.98. The fourth-order valence-electron chi connectivity index (χ4n) is 2.75. The first-order valence-corrected chi connectivity index (χ1v) is 7.36. The van der Waals surface area contributed by atoms with Gasteiger partial charge in [0, 0.05) is 6.42 Å². The number of aryl methyl sites for hydroxylation is 2. The summed E-state index contributed by atoms with van der Waals surface area (Å²) in [6.07, 6.45) is 0.706. The van der Waals surface area contributed by atoms with Crippen molar-refractivity contribution < 1.29 is 9.47 Å². The third-order valence-corrected chi connectivity index (χ3v) is 3.98. The number of ether oxygens (including phenoxy) is 2. The van der Waals surface area contributed by atoms with Crippen molar-refractivity contribution in [2.24, 2.45) is 5.73 Å². The molecule has 0 amide bonds. The Hall–Kier alpha value is -2.00. The number of hydrogen-bond acceptors (Lipinski definition) is 3. The van der Waals surface area contributed by atoms with E-state index in [0.29, 0.717) is 6.61 Å². The van der Waals surface area contributed by atoms with Crippen LogP contribution in [0.1, 0.15) is 29.2 Å². The van der Waals surface area contributed by atoms with Gasteiger partial charge < -0.3 is 15.2 Å². The van der Waals surface area contributed by atoms with Crippen molar-refractivity contribution >= 4 is 0 Å². The molecule has 1 aliphatic heterocycles. The zero-order chi connectivity index (χ0) is 14.8. The van der Waals surface area contributed by atoms with Crippen molar-refractivity contribution in [1.29, 1.82) is 0 Å². The van der Waals surface area contributed by atoms with Gasteiger partial charge in [0.05, 0.1) is 12.6 Å². The fraction of sp³-hybridized carbons (Fsp3) is 0.333. The first kappa shape index (κ1) is 14.0. The highest BCUT2D eigenvalue weighted by Crippen LogP contribution is 2.34. The minimum Gasteiger partial charge on any atom is -0.490 e. The molecule has 0 saturated carbocycles.